The summed E-state index contributed by atoms with van der Waals surface area (Å²) in [7, 11) is 0. The van der Waals surface area contributed by atoms with Crippen LogP contribution in [0.1, 0.15) is 39.5 Å². The zero-order chi connectivity index (χ0) is 12.0. The van der Waals surface area contributed by atoms with Gasteiger partial charge in [-0.2, -0.15) is 0 Å². The Morgan fingerprint density at radius 3 is 2.56 bits per heavy atom. The molecule has 1 aliphatic heterocycles. The SMILES string of the molecule is CC(CC1CCCCN1)NC(C)(CO)CO. The van der Waals surface area contributed by atoms with Gasteiger partial charge in [0.05, 0.1) is 18.8 Å². The van der Waals surface area contributed by atoms with Crippen LogP contribution in [0.2, 0.25) is 0 Å². The minimum Gasteiger partial charge on any atom is -0.394 e. The molecule has 4 heteroatoms. The van der Waals surface area contributed by atoms with E-state index in [9.17, 15) is 10.2 Å². The van der Waals surface area contributed by atoms with Crippen molar-refractivity contribution in [3.05, 3.63) is 0 Å². The van der Waals surface area contributed by atoms with E-state index in [0.29, 0.717) is 12.1 Å². The summed E-state index contributed by atoms with van der Waals surface area (Å²) >= 11 is 0. The third kappa shape index (κ3) is 4.37. The van der Waals surface area contributed by atoms with Gasteiger partial charge in [0.25, 0.3) is 0 Å². The molecule has 1 aliphatic rings. The molecular formula is C12H26N2O2. The molecule has 0 aromatic heterocycles. The van der Waals surface area contributed by atoms with Crippen molar-refractivity contribution >= 4 is 0 Å². The maximum absolute atomic E-state index is 9.20. The van der Waals surface area contributed by atoms with Crippen molar-refractivity contribution < 1.29 is 10.2 Å². The van der Waals surface area contributed by atoms with Crippen molar-refractivity contribution in [2.24, 2.45) is 0 Å². The molecule has 1 rings (SSSR count). The molecule has 0 amide bonds. The lowest BCUT2D eigenvalue weighted by Crippen LogP contribution is -2.54. The molecule has 0 spiro atoms. The number of aliphatic hydroxyl groups is 2. The maximum atomic E-state index is 9.20. The van der Waals surface area contributed by atoms with E-state index in [0.717, 1.165) is 13.0 Å². The van der Waals surface area contributed by atoms with Crippen LogP contribution in [0.15, 0.2) is 0 Å². The van der Waals surface area contributed by atoms with Crippen molar-refractivity contribution in [3.63, 3.8) is 0 Å². The van der Waals surface area contributed by atoms with Crippen molar-refractivity contribution in [3.8, 4) is 0 Å². The Morgan fingerprint density at radius 2 is 2.06 bits per heavy atom. The van der Waals surface area contributed by atoms with Crippen LogP contribution in [0, 0.1) is 0 Å². The minimum atomic E-state index is -0.561. The summed E-state index contributed by atoms with van der Waals surface area (Å²) in [6, 6.07) is 0.887. The zero-order valence-electron chi connectivity index (χ0n) is 10.5. The molecule has 2 unspecified atom stereocenters. The number of nitrogens with one attached hydrogen (secondary N) is 2. The van der Waals surface area contributed by atoms with Crippen LogP contribution in [-0.2, 0) is 0 Å². The Hall–Kier alpha value is -0.160. The van der Waals surface area contributed by atoms with E-state index in [-0.39, 0.29) is 13.2 Å². The summed E-state index contributed by atoms with van der Waals surface area (Å²) in [6.07, 6.45) is 4.88. The first kappa shape index (κ1) is 13.9. The van der Waals surface area contributed by atoms with Crippen LogP contribution < -0.4 is 10.6 Å². The van der Waals surface area contributed by atoms with E-state index in [1.165, 1.54) is 19.3 Å². The third-order valence-corrected chi connectivity index (χ3v) is 3.34. The second kappa shape index (κ2) is 6.55. The minimum absolute atomic E-state index is 0.0358. The molecule has 4 nitrogen and oxygen atoms in total. The van der Waals surface area contributed by atoms with Crippen LogP contribution in [0.3, 0.4) is 0 Å². The zero-order valence-corrected chi connectivity index (χ0v) is 10.5. The van der Waals surface area contributed by atoms with E-state index in [1.54, 1.807) is 0 Å². The van der Waals surface area contributed by atoms with Gasteiger partial charge in [0.2, 0.25) is 0 Å². The fraction of sp³-hybridized carbons (Fsp3) is 1.00. The van der Waals surface area contributed by atoms with Gasteiger partial charge in [-0.05, 0) is 39.7 Å². The summed E-state index contributed by atoms with van der Waals surface area (Å²) in [6.45, 7) is 5.00. The summed E-state index contributed by atoms with van der Waals surface area (Å²) in [4.78, 5) is 0. The first-order valence-corrected chi connectivity index (χ1v) is 6.32. The van der Waals surface area contributed by atoms with Crippen LogP contribution in [0.25, 0.3) is 0 Å². The highest BCUT2D eigenvalue weighted by Gasteiger charge is 2.25. The number of aliphatic hydroxyl groups excluding tert-OH is 2. The number of hydrogen-bond donors (Lipinski definition) is 4. The van der Waals surface area contributed by atoms with Crippen molar-refractivity contribution in [1.29, 1.82) is 0 Å². The Labute approximate surface area is 98.4 Å². The summed E-state index contributed by atoms with van der Waals surface area (Å²) in [5.41, 5.74) is -0.561. The van der Waals surface area contributed by atoms with Gasteiger partial charge >= 0.3 is 0 Å². The Balaban J connectivity index is 2.30. The van der Waals surface area contributed by atoms with Crippen LogP contribution in [0.5, 0.6) is 0 Å². The van der Waals surface area contributed by atoms with Gasteiger partial charge in [0.15, 0.2) is 0 Å². The van der Waals surface area contributed by atoms with Gasteiger partial charge in [0.1, 0.15) is 0 Å². The molecule has 0 radical (unpaired) electrons. The molecule has 0 aromatic carbocycles. The Bertz CT molecular complexity index is 189. The number of rotatable bonds is 6. The Kier molecular flexibility index (Phi) is 5.69. The molecular weight excluding hydrogens is 204 g/mol. The summed E-state index contributed by atoms with van der Waals surface area (Å²) in [5, 5.41) is 25.2. The fourth-order valence-electron chi connectivity index (χ4n) is 2.35. The smallest absolute Gasteiger partial charge is 0.0633 e. The highest BCUT2D eigenvalue weighted by atomic mass is 16.3. The van der Waals surface area contributed by atoms with Gasteiger partial charge in [-0.15, -0.1) is 0 Å². The molecule has 1 saturated heterocycles. The number of hydrogen-bond acceptors (Lipinski definition) is 4. The van der Waals surface area contributed by atoms with E-state index in [2.05, 4.69) is 17.6 Å². The molecule has 96 valence electrons. The third-order valence-electron chi connectivity index (χ3n) is 3.34. The molecule has 1 heterocycles. The predicted molar refractivity (Wildman–Crippen MR) is 65.4 cm³/mol. The molecule has 0 aliphatic carbocycles. The monoisotopic (exact) mass is 230 g/mol. The lowest BCUT2D eigenvalue weighted by Gasteiger charge is -2.33. The fourth-order valence-corrected chi connectivity index (χ4v) is 2.35. The standard InChI is InChI=1S/C12H26N2O2/c1-10(14-12(2,8-15)9-16)7-11-5-3-4-6-13-11/h10-11,13-16H,3-9H2,1-2H3. The quantitative estimate of drug-likeness (QED) is 0.528. The highest BCUT2D eigenvalue weighted by molar-refractivity contribution is 4.86. The molecule has 4 N–H and O–H groups in total. The molecule has 0 aromatic rings. The average Bonchev–Trinajstić information content (AvgIpc) is 2.30. The normalized spacial score (nSPS) is 24.4. The van der Waals surface area contributed by atoms with E-state index in [1.807, 2.05) is 6.92 Å². The lowest BCUT2D eigenvalue weighted by atomic mass is 9.96. The first-order valence-electron chi connectivity index (χ1n) is 6.32. The highest BCUT2D eigenvalue weighted by Crippen LogP contribution is 2.13. The lowest BCUT2D eigenvalue weighted by molar-refractivity contribution is 0.0927. The molecule has 0 bridgehead atoms. The molecule has 2 atom stereocenters. The molecule has 16 heavy (non-hydrogen) atoms. The van der Waals surface area contributed by atoms with Gasteiger partial charge in [-0.1, -0.05) is 6.42 Å². The van der Waals surface area contributed by atoms with E-state index < -0.39 is 5.54 Å². The molecule has 0 saturated carbocycles. The van der Waals surface area contributed by atoms with E-state index >= 15 is 0 Å². The topological polar surface area (TPSA) is 64.5 Å². The Morgan fingerprint density at radius 1 is 1.38 bits per heavy atom. The predicted octanol–water partition coefficient (Wildman–Crippen LogP) is 0.240. The first-order chi connectivity index (χ1) is 7.59. The van der Waals surface area contributed by atoms with Gasteiger partial charge in [-0.3, -0.25) is 0 Å². The second-order valence-electron chi connectivity index (χ2n) is 5.30. The van der Waals surface area contributed by atoms with E-state index in [4.69, 9.17) is 0 Å². The van der Waals surface area contributed by atoms with Crippen LogP contribution >= 0.6 is 0 Å². The van der Waals surface area contributed by atoms with Gasteiger partial charge in [0, 0.05) is 12.1 Å². The van der Waals surface area contributed by atoms with Gasteiger partial charge < -0.3 is 20.8 Å². The van der Waals surface area contributed by atoms with Crippen molar-refractivity contribution in [1.82, 2.24) is 10.6 Å². The van der Waals surface area contributed by atoms with Crippen molar-refractivity contribution in [2.45, 2.75) is 57.2 Å². The molecule has 1 fully saturated rings. The summed E-state index contributed by atoms with van der Waals surface area (Å²) < 4.78 is 0. The average molecular weight is 230 g/mol. The van der Waals surface area contributed by atoms with Crippen LogP contribution in [-0.4, -0.2) is 47.6 Å². The second-order valence-corrected chi connectivity index (χ2v) is 5.30. The number of piperidine rings is 1. The maximum Gasteiger partial charge on any atom is 0.0633 e. The largest absolute Gasteiger partial charge is 0.394 e. The van der Waals surface area contributed by atoms with Crippen LogP contribution in [0.4, 0.5) is 0 Å². The summed E-state index contributed by atoms with van der Waals surface area (Å²) in [5.74, 6) is 0. The van der Waals surface area contributed by atoms with Gasteiger partial charge in [-0.25, -0.2) is 0 Å². The van der Waals surface area contributed by atoms with Crippen molar-refractivity contribution in [2.75, 3.05) is 19.8 Å².